The second kappa shape index (κ2) is 7.37. The van der Waals surface area contributed by atoms with Crippen LogP contribution < -0.4 is 25.0 Å². The summed E-state index contributed by atoms with van der Waals surface area (Å²) in [5.74, 6) is 3.30. The fraction of sp³-hybridized carbons (Fsp3) is 0.474. The Kier molecular flexibility index (Phi) is 4.79. The molecule has 2 aliphatic rings. The van der Waals surface area contributed by atoms with Crippen LogP contribution in [0.15, 0.2) is 18.2 Å². The van der Waals surface area contributed by atoms with Crippen molar-refractivity contribution in [1.29, 1.82) is 0 Å². The van der Waals surface area contributed by atoms with E-state index in [0.717, 1.165) is 60.5 Å². The molecule has 0 atom stereocenters. The number of nitrogens with zero attached hydrogens (tertiary/aromatic N) is 3. The molecule has 2 N–H and O–H groups in total. The second-order valence-electron chi connectivity index (χ2n) is 6.80. The van der Waals surface area contributed by atoms with Gasteiger partial charge in [0.1, 0.15) is 5.82 Å². The van der Waals surface area contributed by atoms with Gasteiger partial charge in [-0.2, -0.15) is 4.98 Å². The summed E-state index contributed by atoms with van der Waals surface area (Å²) in [6.45, 7) is 3.83. The lowest BCUT2D eigenvalue weighted by Crippen LogP contribution is -2.27. The van der Waals surface area contributed by atoms with Gasteiger partial charge in [0.25, 0.3) is 0 Å². The molecule has 2 aromatic rings. The number of hydrogen-bond acceptors (Lipinski definition) is 7. The zero-order valence-corrected chi connectivity index (χ0v) is 15.3. The largest absolute Gasteiger partial charge is 0.490 e. The minimum atomic E-state index is 0.681. The van der Waals surface area contributed by atoms with E-state index in [0.29, 0.717) is 19.8 Å². The van der Waals surface area contributed by atoms with Crippen LogP contribution in [0.3, 0.4) is 0 Å². The van der Waals surface area contributed by atoms with Crippen LogP contribution in [0, 0.1) is 0 Å². The molecule has 4 rings (SSSR count). The maximum Gasteiger partial charge on any atom is 0.227 e. The maximum absolute atomic E-state index is 5.79. The van der Waals surface area contributed by atoms with E-state index in [9.17, 15) is 0 Å². The molecular formula is C19H25N5O2. The predicted molar refractivity (Wildman–Crippen MR) is 101 cm³/mol. The van der Waals surface area contributed by atoms with Gasteiger partial charge in [-0.05, 0) is 30.7 Å². The Balaban J connectivity index is 1.56. The first kappa shape index (κ1) is 16.9. The van der Waals surface area contributed by atoms with Crippen LogP contribution in [-0.4, -0.2) is 43.8 Å². The van der Waals surface area contributed by atoms with Crippen molar-refractivity contribution in [2.75, 3.05) is 44.1 Å². The van der Waals surface area contributed by atoms with E-state index in [1.54, 1.807) is 0 Å². The van der Waals surface area contributed by atoms with Crippen molar-refractivity contribution in [2.24, 2.45) is 0 Å². The van der Waals surface area contributed by atoms with Crippen LogP contribution in [0.1, 0.15) is 23.2 Å². The number of aromatic nitrogens is 2. The van der Waals surface area contributed by atoms with Crippen LogP contribution in [0.4, 0.5) is 11.8 Å². The Morgan fingerprint density at radius 2 is 2.00 bits per heavy atom. The Morgan fingerprint density at radius 1 is 1.15 bits per heavy atom. The number of benzene rings is 1. The molecule has 7 nitrogen and oxygen atoms in total. The highest BCUT2D eigenvalue weighted by molar-refractivity contribution is 5.53. The Labute approximate surface area is 153 Å². The van der Waals surface area contributed by atoms with Gasteiger partial charge >= 0.3 is 0 Å². The van der Waals surface area contributed by atoms with Crippen molar-refractivity contribution in [3.63, 3.8) is 0 Å². The van der Waals surface area contributed by atoms with Crippen LogP contribution in [0.25, 0.3) is 0 Å². The first-order valence-electron chi connectivity index (χ1n) is 9.11. The molecule has 138 valence electrons. The van der Waals surface area contributed by atoms with Gasteiger partial charge in [-0.1, -0.05) is 6.07 Å². The summed E-state index contributed by atoms with van der Waals surface area (Å²) in [7, 11) is 3.93. The molecule has 1 aromatic heterocycles. The van der Waals surface area contributed by atoms with Crippen molar-refractivity contribution >= 4 is 11.8 Å². The van der Waals surface area contributed by atoms with Crippen LogP contribution in [0.5, 0.6) is 11.5 Å². The Hall–Kier alpha value is -2.54. The molecule has 0 amide bonds. The van der Waals surface area contributed by atoms with Gasteiger partial charge < -0.3 is 25.0 Å². The van der Waals surface area contributed by atoms with Crippen molar-refractivity contribution in [3.05, 3.63) is 35.0 Å². The molecule has 0 fully saturated rings. The van der Waals surface area contributed by atoms with E-state index in [4.69, 9.17) is 14.5 Å². The first-order valence-corrected chi connectivity index (χ1v) is 9.11. The van der Waals surface area contributed by atoms with Crippen molar-refractivity contribution < 1.29 is 9.47 Å². The van der Waals surface area contributed by atoms with Gasteiger partial charge in [0.05, 0.1) is 18.9 Å². The van der Waals surface area contributed by atoms with Gasteiger partial charge in [0.15, 0.2) is 11.5 Å². The van der Waals surface area contributed by atoms with E-state index < -0.39 is 0 Å². The Bertz CT molecular complexity index is 794. The summed E-state index contributed by atoms with van der Waals surface area (Å²) in [4.78, 5) is 11.3. The molecule has 0 radical (unpaired) electrons. The normalized spacial score (nSPS) is 15.8. The van der Waals surface area contributed by atoms with Gasteiger partial charge in [-0.15, -0.1) is 0 Å². The van der Waals surface area contributed by atoms with E-state index in [1.807, 2.05) is 25.1 Å². The van der Waals surface area contributed by atoms with E-state index in [2.05, 4.69) is 27.8 Å². The Morgan fingerprint density at radius 3 is 2.85 bits per heavy atom. The SMILES string of the molecule is CN(C)c1nc2c(c(NCc3ccc4c(c3)OCCCO4)n1)CCNC2. The summed E-state index contributed by atoms with van der Waals surface area (Å²) in [5.41, 5.74) is 3.43. The van der Waals surface area contributed by atoms with Gasteiger partial charge in [0, 0.05) is 39.2 Å². The summed E-state index contributed by atoms with van der Waals surface area (Å²) < 4.78 is 11.5. The van der Waals surface area contributed by atoms with Gasteiger partial charge in [-0.3, -0.25) is 0 Å². The number of fused-ring (bicyclic) bond motifs is 2. The lowest BCUT2D eigenvalue weighted by atomic mass is 10.1. The molecule has 0 aliphatic carbocycles. The van der Waals surface area contributed by atoms with Gasteiger partial charge in [-0.25, -0.2) is 4.98 Å². The molecule has 0 unspecified atom stereocenters. The number of ether oxygens (including phenoxy) is 2. The predicted octanol–water partition coefficient (Wildman–Crippen LogP) is 1.96. The number of rotatable bonds is 4. The fourth-order valence-electron chi connectivity index (χ4n) is 3.20. The molecule has 7 heteroatoms. The summed E-state index contributed by atoms with van der Waals surface area (Å²) in [5, 5.41) is 6.89. The van der Waals surface area contributed by atoms with Crippen LogP contribution in [-0.2, 0) is 19.5 Å². The van der Waals surface area contributed by atoms with Crippen molar-refractivity contribution in [1.82, 2.24) is 15.3 Å². The molecule has 26 heavy (non-hydrogen) atoms. The highest BCUT2D eigenvalue weighted by atomic mass is 16.5. The topological polar surface area (TPSA) is 71.5 Å². The maximum atomic E-state index is 5.79. The zero-order chi connectivity index (χ0) is 17.9. The average Bonchev–Trinajstić information content (AvgIpc) is 2.90. The third-order valence-electron chi connectivity index (χ3n) is 4.60. The lowest BCUT2D eigenvalue weighted by molar-refractivity contribution is 0.297. The average molecular weight is 355 g/mol. The molecule has 0 saturated carbocycles. The second-order valence-corrected chi connectivity index (χ2v) is 6.80. The first-order chi connectivity index (χ1) is 12.7. The highest BCUT2D eigenvalue weighted by Crippen LogP contribution is 2.31. The highest BCUT2D eigenvalue weighted by Gasteiger charge is 2.18. The monoisotopic (exact) mass is 355 g/mol. The zero-order valence-electron chi connectivity index (χ0n) is 15.3. The standard InChI is InChI=1S/C19H25N5O2/c1-24(2)19-22-15-12-20-7-6-14(15)18(23-19)21-11-13-4-5-16-17(10-13)26-9-3-8-25-16/h4-5,10,20H,3,6-9,11-12H2,1-2H3,(H,21,22,23). The summed E-state index contributed by atoms with van der Waals surface area (Å²) >= 11 is 0. The molecule has 3 heterocycles. The molecule has 0 saturated heterocycles. The van der Waals surface area contributed by atoms with Crippen LogP contribution >= 0.6 is 0 Å². The van der Waals surface area contributed by atoms with E-state index in [1.165, 1.54) is 5.56 Å². The number of nitrogens with one attached hydrogen (secondary N) is 2. The number of anilines is 2. The minimum Gasteiger partial charge on any atom is -0.490 e. The molecule has 0 spiro atoms. The van der Waals surface area contributed by atoms with Gasteiger partial charge in [0.2, 0.25) is 5.95 Å². The van der Waals surface area contributed by atoms with Crippen LogP contribution in [0.2, 0.25) is 0 Å². The quantitative estimate of drug-likeness (QED) is 0.869. The smallest absolute Gasteiger partial charge is 0.227 e. The van der Waals surface area contributed by atoms with Crippen molar-refractivity contribution in [3.8, 4) is 11.5 Å². The number of hydrogen-bond donors (Lipinski definition) is 2. The molecular weight excluding hydrogens is 330 g/mol. The summed E-state index contributed by atoms with van der Waals surface area (Å²) in [6.07, 6.45) is 1.85. The molecule has 0 bridgehead atoms. The minimum absolute atomic E-state index is 0.681. The van der Waals surface area contributed by atoms with Crippen molar-refractivity contribution in [2.45, 2.75) is 25.9 Å². The third kappa shape index (κ3) is 3.53. The van der Waals surface area contributed by atoms with E-state index >= 15 is 0 Å². The fourth-order valence-corrected chi connectivity index (χ4v) is 3.20. The van der Waals surface area contributed by atoms with E-state index in [-0.39, 0.29) is 0 Å². The lowest BCUT2D eigenvalue weighted by Gasteiger charge is -2.22. The summed E-state index contributed by atoms with van der Waals surface area (Å²) in [6, 6.07) is 6.11. The molecule has 1 aromatic carbocycles. The third-order valence-corrected chi connectivity index (χ3v) is 4.60. The molecule has 2 aliphatic heterocycles.